The molecule has 2 heteroatoms. The van der Waals surface area contributed by atoms with E-state index in [4.69, 9.17) is 4.74 Å². The summed E-state index contributed by atoms with van der Waals surface area (Å²) < 4.78 is 5.60. The molecule has 0 aromatic rings. The van der Waals surface area contributed by atoms with E-state index in [1.807, 2.05) is 0 Å². The van der Waals surface area contributed by atoms with Gasteiger partial charge in [-0.15, -0.1) is 0 Å². The van der Waals surface area contributed by atoms with Gasteiger partial charge in [-0.05, 0) is 40.5 Å². The molecule has 1 fully saturated rings. The third-order valence-corrected chi connectivity index (χ3v) is 2.01. The van der Waals surface area contributed by atoms with Crippen molar-refractivity contribution in [1.82, 2.24) is 5.32 Å². The van der Waals surface area contributed by atoms with Crippen molar-refractivity contribution < 1.29 is 4.74 Å². The van der Waals surface area contributed by atoms with E-state index in [9.17, 15) is 0 Å². The van der Waals surface area contributed by atoms with E-state index >= 15 is 0 Å². The quantitative estimate of drug-likeness (QED) is 0.624. The van der Waals surface area contributed by atoms with E-state index in [0.29, 0.717) is 6.10 Å². The van der Waals surface area contributed by atoms with Gasteiger partial charge in [0, 0.05) is 5.54 Å². The summed E-state index contributed by atoms with van der Waals surface area (Å²) in [6.07, 6.45) is 2.38. The summed E-state index contributed by atoms with van der Waals surface area (Å²) in [7, 11) is 0. The second-order valence-corrected chi connectivity index (χ2v) is 3.96. The molecule has 1 heterocycles. The van der Waals surface area contributed by atoms with Crippen LogP contribution in [0.25, 0.3) is 0 Å². The predicted molar refractivity (Wildman–Crippen MR) is 46.1 cm³/mol. The first-order valence-electron chi connectivity index (χ1n) is 4.26. The zero-order valence-corrected chi connectivity index (χ0v) is 7.68. The smallest absolute Gasteiger partial charge is 0.108 e. The Bertz CT molecular complexity index is 134. The van der Waals surface area contributed by atoms with Crippen molar-refractivity contribution in [1.29, 1.82) is 0 Å². The van der Waals surface area contributed by atoms with Gasteiger partial charge in [-0.25, -0.2) is 0 Å². The monoisotopic (exact) mass is 156 g/mol. The van der Waals surface area contributed by atoms with Gasteiger partial charge < -0.3 is 4.74 Å². The van der Waals surface area contributed by atoms with Gasteiger partial charge in [-0.1, -0.05) is 0 Å². The Morgan fingerprint density at radius 1 is 1.64 bits per heavy atom. The highest BCUT2D eigenvalue weighted by molar-refractivity contribution is 4.86. The molecule has 1 saturated heterocycles. The van der Waals surface area contributed by atoms with Gasteiger partial charge in [0.25, 0.3) is 0 Å². The van der Waals surface area contributed by atoms with Crippen molar-refractivity contribution in [2.75, 3.05) is 0 Å². The van der Waals surface area contributed by atoms with Crippen LogP contribution in [0.4, 0.5) is 0 Å². The van der Waals surface area contributed by atoms with Crippen LogP contribution in [-0.4, -0.2) is 17.9 Å². The maximum absolute atomic E-state index is 5.60. The highest BCUT2D eigenvalue weighted by atomic mass is 16.5. The SMILES string of the molecule is [CH2]CC1NC(C)(C)CC(C)O1. The zero-order chi connectivity index (χ0) is 8.48. The average molecular weight is 156 g/mol. The van der Waals surface area contributed by atoms with Crippen LogP contribution in [0, 0.1) is 6.92 Å². The third kappa shape index (κ3) is 2.46. The maximum Gasteiger partial charge on any atom is 0.108 e. The average Bonchev–Trinajstić information content (AvgIpc) is 1.83. The number of ether oxygens (including phenoxy) is 1. The van der Waals surface area contributed by atoms with Crippen LogP contribution in [-0.2, 0) is 4.74 Å². The molecule has 1 rings (SSSR count). The first kappa shape index (κ1) is 9.01. The molecule has 0 aliphatic carbocycles. The number of rotatable bonds is 1. The number of nitrogens with one attached hydrogen (secondary N) is 1. The van der Waals surface area contributed by atoms with E-state index in [2.05, 4.69) is 33.0 Å². The van der Waals surface area contributed by atoms with Gasteiger partial charge >= 0.3 is 0 Å². The first-order valence-corrected chi connectivity index (χ1v) is 4.26. The fourth-order valence-corrected chi connectivity index (χ4v) is 1.72. The van der Waals surface area contributed by atoms with Crippen LogP contribution in [0.1, 0.15) is 33.6 Å². The fourth-order valence-electron chi connectivity index (χ4n) is 1.72. The molecule has 2 nitrogen and oxygen atoms in total. The highest BCUT2D eigenvalue weighted by Gasteiger charge is 2.30. The lowest BCUT2D eigenvalue weighted by Crippen LogP contribution is -2.54. The van der Waals surface area contributed by atoms with Gasteiger partial charge in [-0.3, -0.25) is 5.32 Å². The standard InChI is InChI=1S/C9H18NO/c1-5-8-10-9(3,4)6-7(2)11-8/h7-8,10H,1,5-6H2,2-4H3. The van der Waals surface area contributed by atoms with E-state index in [0.717, 1.165) is 12.8 Å². The normalized spacial score (nSPS) is 37.1. The zero-order valence-electron chi connectivity index (χ0n) is 7.68. The van der Waals surface area contributed by atoms with Gasteiger partial charge in [-0.2, -0.15) is 0 Å². The second kappa shape index (κ2) is 3.11. The summed E-state index contributed by atoms with van der Waals surface area (Å²) in [5.74, 6) is 0. The van der Waals surface area contributed by atoms with Crippen LogP contribution < -0.4 is 5.32 Å². The minimum absolute atomic E-state index is 0.147. The van der Waals surface area contributed by atoms with Gasteiger partial charge in [0.05, 0.1) is 6.10 Å². The Morgan fingerprint density at radius 2 is 2.27 bits per heavy atom. The Hall–Kier alpha value is -0.0800. The van der Waals surface area contributed by atoms with E-state index in [1.165, 1.54) is 0 Å². The van der Waals surface area contributed by atoms with Crippen LogP contribution in [0.2, 0.25) is 0 Å². The van der Waals surface area contributed by atoms with Crippen molar-refractivity contribution in [2.24, 2.45) is 0 Å². The lowest BCUT2D eigenvalue weighted by atomic mass is 9.95. The molecule has 2 atom stereocenters. The predicted octanol–water partition coefficient (Wildman–Crippen LogP) is 1.71. The Morgan fingerprint density at radius 3 is 2.73 bits per heavy atom. The van der Waals surface area contributed by atoms with Gasteiger partial charge in [0.2, 0.25) is 0 Å². The summed E-state index contributed by atoms with van der Waals surface area (Å²) in [6, 6.07) is 0. The van der Waals surface area contributed by atoms with Crippen LogP contribution in [0.3, 0.4) is 0 Å². The minimum atomic E-state index is 0.147. The van der Waals surface area contributed by atoms with Crippen molar-refractivity contribution in [2.45, 2.75) is 51.5 Å². The summed E-state index contributed by atoms with van der Waals surface area (Å²) in [6.45, 7) is 10.3. The molecular formula is C9H18NO. The van der Waals surface area contributed by atoms with Gasteiger partial charge in [0.15, 0.2) is 0 Å². The van der Waals surface area contributed by atoms with Gasteiger partial charge in [0.1, 0.15) is 6.23 Å². The van der Waals surface area contributed by atoms with Crippen LogP contribution >= 0.6 is 0 Å². The Kier molecular flexibility index (Phi) is 2.55. The Balaban J connectivity index is 2.51. The molecule has 0 saturated carbocycles. The lowest BCUT2D eigenvalue weighted by Gasteiger charge is -2.40. The molecule has 0 aromatic carbocycles. The van der Waals surface area contributed by atoms with E-state index in [-0.39, 0.29) is 11.8 Å². The summed E-state index contributed by atoms with van der Waals surface area (Å²) >= 11 is 0. The van der Waals surface area contributed by atoms with Crippen LogP contribution in [0.15, 0.2) is 0 Å². The summed E-state index contributed by atoms with van der Waals surface area (Å²) in [5.41, 5.74) is 0.208. The Labute approximate surface area is 69.3 Å². The summed E-state index contributed by atoms with van der Waals surface area (Å²) in [4.78, 5) is 0. The molecule has 1 aliphatic rings. The number of hydrogen-bond acceptors (Lipinski definition) is 2. The van der Waals surface area contributed by atoms with Crippen LogP contribution in [0.5, 0.6) is 0 Å². The molecule has 0 spiro atoms. The first-order chi connectivity index (χ1) is 5.03. The molecule has 65 valence electrons. The largest absolute Gasteiger partial charge is 0.360 e. The van der Waals surface area contributed by atoms with Crippen molar-refractivity contribution in [3.8, 4) is 0 Å². The lowest BCUT2D eigenvalue weighted by molar-refractivity contribution is -0.0852. The van der Waals surface area contributed by atoms with E-state index in [1.54, 1.807) is 0 Å². The minimum Gasteiger partial charge on any atom is -0.360 e. The molecular weight excluding hydrogens is 138 g/mol. The maximum atomic E-state index is 5.60. The van der Waals surface area contributed by atoms with Crippen molar-refractivity contribution in [3.05, 3.63) is 6.92 Å². The molecule has 0 aromatic heterocycles. The van der Waals surface area contributed by atoms with Crippen molar-refractivity contribution >= 4 is 0 Å². The molecule has 0 amide bonds. The summed E-state index contributed by atoms with van der Waals surface area (Å²) in [5, 5.41) is 3.39. The molecule has 1 aliphatic heterocycles. The molecule has 11 heavy (non-hydrogen) atoms. The highest BCUT2D eigenvalue weighted by Crippen LogP contribution is 2.21. The topological polar surface area (TPSA) is 21.3 Å². The molecule has 2 unspecified atom stereocenters. The molecule has 0 bridgehead atoms. The number of hydrogen-bond donors (Lipinski definition) is 1. The van der Waals surface area contributed by atoms with Crippen molar-refractivity contribution in [3.63, 3.8) is 0 Å². The molecule has 1 N–H and O–H groups in total. The fraction of sp³-hybridized carbons (Fsp3) is 0.889. The third-order valence-electron chi connectivity index (χ3n) is 2.01. The second-order valence-electron chi connectivity index (χ2n) is 3.96. The molecule has 1 radical (unpaired) electrons. The van der Waals surface area contributed by atoms with E-state index < -0.39 is 0 Å².